The highest BCUT2D eigenvalue weighted by molar-refractivity contribution is 5.94. The Morgan fingerprint density at radius 3 is 2.26 bits per heavy atom. The Balaban J connectivity index is 1.59. The predicted octanol–water partition coefficient (Wildman–Crippen LogP) is 4.97. The first-order valence-corrected chi connectivity index (χ1v) is 8.65. The molecule has 0 unspecified atom stereocenters. The van der Waals surface area contributed by atoms with Crippen LogP contribution in [0.2, 0.25) is 0 Å². The molecule has 0 amide bonds. The molecule has 0 aromatic heterocycles. The molecule has 0 atom stereocenters. The molecule has 0 aliphatic rings. The summed E-state index contributed by atoms with van der Waals surface area (Å²) in [5.74, 6) is 0.629. The molecule has 4 heteroatoms. The number of ether oxygens (including phenoxy) is 2. The maximum atomic E-state index is 12.3. The topological polar surface area (TPSA) is 52.6 Å². The van der Waals surface area contributed by atoms with E-state index in [4.69, 9.17) is 9.47 Å². The molecule has 3 rings (SSSR count). The molecule has 0 bridgehead atoms. The third kappa shape index (κ3) is 4.82. The molecule has 0 heterocycles. The van der Waals surface area contributed by atoms with Crippen LogP contribution in [0.1, 0.15) is 23.7 Å². The van der Waals surface area contributed by atoms with Gasteiger partial charge in [0.05, 0.1) is 12.2 Å². The first kappa shape index (κ1) is 18.4. The van der Waals surface area contributed by atoms with Gasteiger partial charge in [0.2, 0.25) is 0 Å². The molecule has 27 heavy (non-hydrogen) atoms. The van der Waals surface area contributed by atoms with E-state index in [1.54, 1.807) is 37.3 Å². The molecule has 0 radical (unpaired) electrons. The van der Waals surface area contributed by atoms with Crippen LogP contribution in [0.3, 0.4) is 0 Å². The van der Waals surface area contributed by atoms with Crippen LogP contribution < -0.4 is 9.47 Å². The summed E-state index contributed by atoms with van der Waals surface area (Å²) in [5, 5.41) is 2.10. The van der Waals surface area contributed by atoms with E-state index in [1.807, 2.05) is 36.4 Å². The number of carbonyl (C=O) groups excluding carboxylic acids is 2. The number of allylic oxidation sites excluding steroid dienone is 1. The molecular formula is C23H20O4. The normalized spacial score (nSPS) is 10.4. The minimum Gasteiger partial charge on any atom is -0.493 e. The van der Waals surface area contributed by atoms with Gasteiger partial charge in [0.15, 0.2) is 5.78 Å². The van der Waals surface area contributed by atoms with Crippen LogP contribution in [0, 0.1) is 0 Å². The standard InChI is InChI=1S/C23H20O4/c1-16(2)22(24)13-14-26-20-10-8-18(9-11-20)23(25)27-21-12-7-17-5-3-4-6-19(17)15-21/h3-12,15H,1,13-14H2,2H3. The molecule has 3 aromatic carbocycles. The van der Waals surface area contributed by atoms with Crippen molar-refractivity contribution in [1.82, 2.24) is 0 Å². The number of ketones is 1. The summed E-state index contributed by atoms with van der Waals surface area (Å²) in [7, 11) is 0. The van der Waals surface area contributed by atoms with E-state index < -0.39 is 5.97 Å². The van der Waals surface area contributed by atoms with Crippen molar-refractivity contribution in [3.63, 3.8) is 0 Å². The number of Topliss-reactive ketones (excluding diaryl/α,β-unsaturated/α-hetero) is 1. The van der Waals surface area contributed by atoms with Crippen molar-refractivity contribution in [2.75, 3.05) is 6.61 Å². The van der Waals surface area contributed by atoms with Crippen molar-refractivity contribution in [3.05, 3.63) is 84.4 Å². The number of benzene rings is 3. The average Bonchev–Trinajstić information content (AvgIpc) is 2.68. The molecule has 136 valence electrons. The number of esters is 1. The number of carbonyl (C=O) groups is 2. The van der Waals surface area contributed by atoms with Crippen LogP contribution in [-0.2, 0) is 4.79 Å². The van der Waals surface area contributed by atoms with E-state index in [0.29, 0.717) is 22.6 Å². The molecule has 0 saturated heterocycles. The van der Waals surface area contributed by atoms with Gasteiger partial charge >= 0.3 is 5.97 Å². The van der Waals surface area contributed by atoms with Crippen molar-refractivity contribution < 1.29 is 19.1 Å². The van der Waals surface area contributed by atoms with Gasteiger partial charge < -0.3 is 9.47 Å². The summed E-state index contributed by atoms with van der Waals surface area (Å²) in [6.45, 7) is 5.56. The largest absolute Gasteiger partial charge is 0.493 e. The van der Waals surface area contributed by atoms with Crippen molar-refractivity contribution >= 4 is 22.5 Å². The lowest BCUT2D eigenvalue weighted by atomic mass is 10.1. The van der Waals surface area contributed by atoms with Crippen molar-refractivity contribution in [3.8, 4) is 11.5 Å². The monoisotopic (exact) mass is 360 g/mol. The fraction of sp³-hybridized carbons (Fsp3) is 0.130. The average molecular weight is 360 g/mol. The summed E-state index contributed by atoms with van der Waals surface area (Å²) in [6, 6.07) is 20.0. The molecule has 0 N–H and O–H groups in total. The van der Waals surface area contributed by atoms with Gasteiger partial charge in [-0.3, -0.25) is 4.79 Å². The molecule has 3 aromatic rings. The second-order valence-corrected chi connectivity index (χ2v) is 6.22. The number of fused-ring (bicyclic) bond motifs is 1. The van der Waals surface area contributed by atoms with Crippen LogP contribution in [-0.4, -0.2) is 18.4 Å². The fourth-order valence-corrected chi connectivity index (χ4v) is 2.56. The third-order valence-corrected chi connectivity index (χ3v) is 4.10. The first-order chi connectivity index (χ1) is 13.0. The number of rotatable bonds is 7. The van der Waals surface area contributed by atoms with E-state index >= 15 is 0 Å². The maximum absolute atomic E-state index is 12.3. The van der Waals surface area contributed by atoms with Gasteiger partial charge in [0, 0.05) is 6.42 Å². The molecule has 0 spiro atoms. The number of hydrogen-bond donors (Lipinski definition) is 0. The lowest BCUT2D eigenvalue weighted by Crippen LogP contribution is -2.09. The van der Waals surface area contributed by atoms with Crippen LogP contribution in [0.15, 0.2) is 78.9 Å². The van der Waals surface area contributed by atoms with E-state index in [1.165, 1.54) is 0 Å². The third-order valence-electron chi connectivity index (χ3n) is 4.10. The Hall–Kier alpha value is -3.40. The van der Waals surface area contributed by atoms with Gasteiger partial charge in [-0.15, -0.1) is 0 Å². The zero-order valence-electron chi connectivity index (χ0n) is 15.1. The summed E-state index contributed by atoms with van der Waals surface area (Å²) in [4.78, 5) is 23.8. The van der Waals surface area contributed by atoms with Gasteiger partial charge in [-0.05, 0) is 59.7 Å². The predicted molar refractivity (Wildman–Crippen MR) is 105 cm³/mol. The highest BCUT2D eigenvalue weighted by Gasteiger charge is 2.10. The maximum Gasteiger partial charge on any atom is 0.343 e. The van der Waals surface area contributed by atoms with E-state index in [0.717, 1.165) is 10.8 Å². The minimum absolute atomic E-state index is 0.0226. The van der Waals surface area contributed by atoms with Crippen molar-refractivity contribution in [1.29, 1.82) is 0 Å². The van der Waals surface area contributed by atoms with E-state index in [-0.39, 0.29) is 18.8 Å². The summed E-state index contributed by atoms with van der Waals surface area (Å²) in [6.07, 6.45) is 0.279. The summed E-state index contributed by atoms with van der Waals surface area (Å²) < 4.78 is 11.0. The molecular weight excluding hydrogens is 340 g/mol. The first-order valence-electron chi connectivity index (χ1n) is 8.65. The Morgan fingerprint density at radius 2 is 1.56 bits per heavy atom. The summed E-state index contributed by atoms with van der Waals surface area (Å²) in [5.41, 5.74) is 0.943. The van der Waals surface area contributed by atoms with E-state index in [9.17, 15) is 9.59 Å². The molecule has 0 aliphatic carbocycles. The second-order valence-electron chi connectivity index (χ2n) is 6.22. The SMILES string of the molecule is C=C(C)C(=O)CCOc1ccc(C(=O)Oc2ccc3ccccc3c2)cc1. The zero-order valence-corrected chi connectivity index (χ0v) is 15.1. The smallest absolute Gasteiger partial charge is 0.343 e. The van der Waals surface area contributed by atoms with Crippen molar-refractivity contribution in [2.45, 2.75) is 13.3 Å². The quantitative estimate of drug-likeness (QED) is 0.339. The molecule has 0 saturated carbocycles. The van der Waals surface area contributed by atoms with Gasteiger partial charge in [-0.25, -0.2) is 4.79 Å². The summed E-state index contributed by atoms with van der Waals surface area (Å²) >= 11 is 0. The highest BCUT2D eigenvalue weighted by atomic mass is 16.5. The zero-order chi connectivity index (χ0) is 19.2. The van der Waals surface area contributed by atoms with E-state index in [2.05, 4.69) is 6.58 Å². The van der Waals surface area contributed by atoms with Crippen LogP contribution in [0.4, 0.5) is 0 Å². The Labute approximate surface area is 158 Å². The van der Waals surface area contributed by atoms with Crippen LogP contribution in [0.25, 0.3) is 10.8 Å². The molecule has 4 nitrogen and oxygen atoms in total. The van der Waals surface area contributed by atoms with Gasteiger partial charge in [-0.1, -0.05) is 36.9 Å². The Bertz CT molecular complexity index is 987. The van der Waals surface area contributed by atoms with Gasteiger partial charge in [0.25, 0.3) is 0 Å². The Kier molecular flexibility index (Phi) is 5.67. The van der Waals surface area contributed by atoms with Crippen LogP contribution >= 0.6 is 0 Å². The van der Waals surface area contributed by atoms with Crippen molar-refractivity contribution in [2.24, 2.45) is 0 Å². The van der Waals surface area contributed by atoms with Gasteiger partial charge in [0.1, 0.15) is 11.5 Å². The molecule has 0 aliphatic heterocycles. The number of hydrogen-bond acceptors (Lipinski definition) is 4. The fourth-order valence-electron chi connectivity index (χ4n) is 2.56. The Morgan fingerprint density at radius 1 is 0.889 bits per heavy atom. The second kappa shape index (κ2) is 8.32. The highest BCUT2D eigenvalue weighted by Crippen LogP contribution is 2.22. The lowest BCUT2D eigenvalue weighted by molar-refractivity contribution is -0.115. The van der Waals surface area contributed by atoms with Crippen LogP contribution in [0.5, 0.6) is 11.5 Å². The minimum atomic E-state index is -0.436. The lowest BCUT2D eigenvalue weighted by Gasteiger charge is -2.08. The molecule has 0 fully saturated rings. The van der Waals surface area contributed by atoms with Gasteiger partial charge in [-0.2, -0.15) is 0 Å².